The van der Waals surface area contributed by atoms with E-state index in [-0.39, 0.29) is 0 Å². The van der Waals surface area contributed by atoms with E-state index in [1.165, 1.54) is 24.0 Å². The van der Waals surface area contributed by atoms with Gasteiger partial charge >= 0.3 is 0 Å². The molecule has 1 aliphatic rings. The SMILES string of the molecule is Cc1cc(C)cc(N(C)c2cc(Cl)nc(C3CC3)n2)c1. The van der Waals surface area contributed by atoms with E-state index in [2.05, 4.69) is 46.9 Å². The summed E-state index contributed by atoms with van der Waals surface area (Å²) in [6.45, 7) is 4.21. The number of anilines is 2. The lowest BCUT2D eigenvalue weighted by atomic mass is 10.1. The number of rotatable bonds is 3. The molecule has 0 amide bonds. The third-order valence-corrected chi connectivity index (χ3v) is 3.77. The smallest absolute Gasteiger partial charge is 0.137 e. The van der Waals surface area contributed by atoms with Crippen LogP contribution in [0.2, 0.25) is 5.15 Å². The van der Waals surface area contributed by atoms with Crippen molar-refractivity contribution in [1.82, 2.24) is 9.97 Å². The second-order valence-electron chi connectivity index (χ2n) is 5.59. The first kappa shape index (κ1) is 13.4. The molecule has 0 bridgehead atoms. The number of nitrogens with zero attached hydrogens (tertiary/aromatic N) is 3. The van der Waals surface area contributed by atoms with Crippen molar-refractivity contribution in [3.05, 3.63) is 46.4 Å². The van der Waals surface area contributed by atoms with Crippen molar-refractivity contribution >= 4 is 23.1 Å². The van der Waals surface area contributed by atoms with Crippen LogP contribution < -0.4 is 4.90 Å². The Bertz CT molecular complexity index is 630. The molecule has 1 heterocycles. The summed E-state index contributed by atoms with van der Waals surface area (Å²) in [7, 11) is 2.02. The predicted octanol–water partition coefficient (Wildman–Crippen LogP) is 4.39. The first-order valence-corrected chi connectivity index (χ1v) is 7.27. The highest BCUT2D eigenvalue weighted by molar-refractivity contribution is 6.29. The summed E-state index contributed by atoms with van der Waals surface area (Å²) >= 11 is 6.14. The third kappa shape index (κ3) is 2.78. The Morgan fingerprint density at radius 3 is 2.30 bits per heavy atom. The summed E-state index contributed by atoms with van der Waals surface area (Å²) in [6, 6.07) is 8.30. The van der Waals surface area contributed by atoms with Gasteiger partial charge in [0.2, 0.25) is 0 Å². The molecule has 4 heteroatoms. The minimum Gasteiger partial charge on any atom is -0.329 e. The maximum absolute atomic E-state index is 6.14. The van der Waals surface area contributed by atoms with Gasteiger partial charge in [0.1, 0.15) is 16.8 Å². The van der Waals surface area contributed by atoms with Crippen molar-refractivity contribution in [2.75, 3.05) is 11.9 Å². The molecule has 20 heavy (non-hydrogen) atoms. The van der Waals surface area contributed by atoms with Gasteiger partial charge < -0.3 is 4.90 Å². The standard InChI is InChI=1S/C16H18ClN3/c1-10-6-11(2)8-13(7-10)20(3)15-9-14(17)18-16(19-15)12-4-5-12/h6-9,12H,4-5H2,1-3H3. The third-order valence-electron chi connectivity index (χ3n) is 3.58. The van der Waals surface area contributed by atoms with Crippen molar-refractivity contribution in [2.45, 2.75) is 32.6 Å². The van der Waals surface area contributed by atoms with Gasteiger partial charge in [0.25, 0.3) is 0 Å². The molecule has 3 rings (SSSR count). The fourth-order valence-electron chi connectivity index (χ4n) is 2.40. The first-order chi connectivity index (χ1) is 9.52. The molecule has 1 fully saturated rings. The molecule has 0 N–H and O–H groups in total. The number of hydrogen-bond donors (Lipinski definition) is 0. The normalized spacial score (nSPS) is 14.4. The molecule has 1 aromatic heterocycles. The molecule has 2 aromatic rings. The van der Waals surface area contributed by atoms with E-state index in [9.17, 15) is 0 Å². The largest absolute Gasteiger partial charge is 0.329 e. The van der Waals surface area contributed by atoms with Crippen molar-refractivity contribution < 1.29 is 0 Å². The molecular formula is C16H18ClN3. The van der Waals surface area contributed by atoms with E-state index < -0.39 is 0 Å². The molecule has 104 valence electrons. The molecule has 0 saturated heterocycles. The summed E-state index contributed by atoms with van der Waals surface area (Å²) in [5.74, 6) is 2.24. The Morgan fingerprint density at radius 2 is 1.70 bits per heavy atom. The summed E-state index contributed by atoms with van der Waals surface area (Å²) in [5, 5.41) is 0.521. The average molecular weight is 288 g/mol. The van der Waals surface area contributed by atoms with Crippen LogP contribution in [0.15, 0.2) is 24.3 Å². The molecule has 0 unspecified atom stereocenters. The second-order valence-corrected chi connectivity index (χ2v) is 5.97. The fourth-order valence-corrected chi connectivity index (χ4v) is 2.58. The van der Waals surface area contributed by atoms with E-state index in [4.69, 9.17) is 11.6 Å². The van der Waals surface area contributed by atoms with Crippen molar-refractivity contribution in [3.63, 3.8) is 0 Å². The Morgan fingerprint density at radius 1 is 1.05 bits per heavy atom. The van der Waals surface area contributed by atoms with Gasteiger partial charge in [0, 0.05) is 24.7 Å². The Hall–Kier alpha value is -1.61. The van der Waals surface area contributed by atoms with E-state index in [0.29, 0.717) is 11.1 Å². The first-order valence-electron chi connectivity index (χ1n) is 6.89. The monoisotopic (exact) mass is 287 g/mol. The number of benzene rings is 1. The molecule has 0 spiro atoms. The van der Waals surface area contributed by atoms with Crippen LogP contribution >= 0.6 is 11.6 Å². The predicted molar refractivity (Wildman–Crippen MR) is 83.0 cm³/mol. The quantitative estimate of drug-likeness (QED) is 0.784. The number of aryl methyl sites for hydroxylation is 2. The van der Waals surface area contributed by atoms with Crippen molar-refractivity contribution in [2.24, 2.45) is 0 Å². The molecule has 3 nitrogen and oxygen atoms in total. The minimum absolute atomic E-state index is 0.500. The van der Waals surface area contributed by atoms with E-state index >= 15 is 0 Å². The van der Waals surface area contributed by atoms with Gasteiger partial charge in [-0.1, -0.05) is 17.7 Å². The second kappa shape index (κ2) is 5.06. The van der Waals surface area contributed by atoms with E-state index in [0.717, 1.165) is 17.3 Å². The summed E-state index contributed by atoms with van der Waals surface area (Å²) < 4.78 is 0. The zero-order valence-corrected chi connectivity index (χ0v) is 12.8. The minimum atomic E-state index is 0.500. The molecule has 0 atom stereocenters. The highest BCUT2D eigenvalue weighted by Gasteiger charge is 2.27. The van der Waals surface area contributed by atoms with Crippen LogP contribution in [-0.4, -0.2) is 17.0 Å². The van der Waals surface area contributed by atoms with Crippen LogP contribution in [0.4, 0.5) is 11.5 Å². The van der Waals surface area contributed by atoms with E-state index in [1.807, 2.05) is 13.1 Å². The van der Waals surface area contributed by atoms with Crippen LogP contribution in [0.5, 0.6) is 0 Å². The zero-order valence-electron chi connectivity index (χ0n) is 12.0. The Kier molecular flexibility index (Phi) is 3.38. The number of hydrogen-bond acceptors (Lipinski definition) is 3. The van der Waals surface area contributed by atoms with Gasteiger partial charge in [-0.2, -0.15) is 0 Å². The molecular weight excluding hydrogens is 270 g/mol. The lowest BCUT2D eigenvalue weighted by Gasteiger charge is -2.20. The Balaban J connectivity index is 1.98. The maximum Gasteiger partial charge on any atom is 0.137 e. The van der Waals surface area contributed by atoms with Gasteiger partial charge in [0.05, 0.1) is 0 Å². The summed E-state index contributed by atoms with van der Waals surface area (Å²) in [4.78, 5) is 11.1. The van der Waals surface area contributed by atoms with Gasteiger partial charge in [-0.3, -0.25) is 0 Å². The average Bonchev–Trinajstić information content (AvgIpc) is 3.20. The zero-order chi connectivity index (χ0) is 14.3. The van der Waals surface area contributed by atoms with Crippen LogP contribution in [-0.2, 0) is 0 Å². The topological polar surface area (TPSA) is 29.0 Å². The van der Waals surface area contributed by atoms with Crippen LogP contribution in [0.3, 0.4) is 0 Å². The van der Waals surface area contributed by atoms with Crippen molar-refractivity contribution in [3.8, 4) is 0 Å². The highest BCUT2D eigenvalue weighted by atomic mass is 35.5. The van der Waals surface area contributed by atoms with Gasteiger partial charge in [-0.05, 0) is 49.9 Å². The molecule has 1 saturated carbocycles. The van der Waals surface area contributed by atoms with Crippen LogP contribution in [0, 0.1) is 13.8 Å². The molecule has 1 aromatic carbocycles. The lowest BCUT2D eigenvalue weighted by molar-refractivity contribution is 0.914. The fraction of sp³-hybridized carbons (Fsp3) is 0.375. The van der Waals surface area contributed by atoms with Crippen LogP contribution in [0.1, 0.15) is 35.7 Å². The van der Waals surface area contributed by atoms with Crippen LogP contribution in [0.25, 0.3) is 0 Å². The molecule has 0 radical (unpaired) electrons. The molecule has 1 aliphatic carbocycles. The number of aromatic nitrogens is 2. The number of halogens is 1. The Labute approximate surface area is 124 Å². The molecule has 0 aliphatic heterocycles. The summed E-state index contributed by atoms with van der Waals surface area (Å²) in [5.41, 5.74) is 3.61. The highest BCUT2D eigenvalue weighted by Crippen LogP contribution is 2.39. The van der Waals surface area contributed by atoms with Crippen molar-refractivity contribution in [1.29, 1.82) is 0 Å². The summed E-state index contributed by atoms with van der Waals surface area (Å²) in [6.07, 6.45) is 2.35. The van der Waals surface area contributed by atoms with Gasteiger partial charge in [0.15, 0.2) is 0 Å². The van der Waals surface area contributed by atoms with Gasteiger partial charge in [-0.25, -0.2) is 9.97 Å². The van der Waals surface area contributed by atoms with E-state index in [1.54, 1.807) is 0 Å². The van der Waals surface area contributed by atoms with Gasteiger partial charge in [-0.15, -0.1) is 0 Å². The lowest BCUT2D eigenvalue weighted by Crippen LogP contribution is -2.13. The maximum atomic E-state index is 6.14.